The third-order valence-corrected chi connectivity index (χ3v) is 6.23. The molecule has 158 valence electrons. The SMILES string of the molecule is Cl.Cl.O=C(c1ccc(CN2CCSCC2)cc1)N1CCNCC1c1cccnc1. The number of thioether (sulfide) groups is 1. The van der Waals surface area contributed by atoms with Crippen LogP contribution in [0.4, 0.5) is 0 Å². The van der Waals surface area contributed by atoms with Crippen LogP contribution in [-0.2, 0) is 6.54 Å². The lowest BCUT2D eigenvalue weighted by atomic mass is 10.0. The zero-order valence-corrected chi connectivity index (χ0v) is 18.8. The molecule has 0 radical (unpaired) electrons. The highest BCUT2D eigenvalue weighted by molar-refractivity contribution is 7.99. The first kappa shape index (κ1) is 24.0. The summed E-state index contributed by atoms with van der Waals surface area (Å²) in [5.41, 5.74) is 3.13. The lowest BCUT2D eigenvalue weighted by Crippen LogP contribution is -2.48. The molecule has 2 fully saturated rings. The molecule has 5 nitrogen and oxygen atoms in total. The Morgan fingerprint density at radius 1 is 1.10 bits per heavy atom. The molecule has 0 aliphatic carbocycles. The first-order valence-corrected chi connectivity index (χ1v) is 10.8. The van der Waals surface area contributed by atoms with Crippen molar-refractivity contribution >= 4 is 42.5 Å². The Morgan fingerprint density at radius 2 is 1.86 bits per heavy atom. The van der Waals surface area contributed by atoms with Gasteiger partial charge in [0.15, 0.2) is 0 Å². The summed E-state index contributed by atoms with van der Waals surface area (Å²) in [4.78, 5) is 21.8. The summed E-state index contributed by atoms with van der Waals surface area (Å²) >= 11 is 2.03. The minimum atomic E-state index is 0. The van der Waals surface area contributed by atoms with E-state index in [2.05, 4.69) is 27.3 Å². The fourth-order valence-corrected chi connectivity index (χ4v) is 4.73. The Kier molecular flexibility index (Phi) is 9.72. The van der Waals surface area contributed by atoms with Gasteiger partial charge < -0.3 is 10.2 Å². The van der Waals surface area contributed by atoms with Crippen molar-refractivity contribution in [2.24, 2.45) is 0 Å². The molecule has 4 rings (SSSR count). The molecule has 0 spiro atoms. The summed E-state index contributed by atoms with van der Waals surface area (Å²) in [6.07, 6.45) is 3.63. The zero-order valence-electron chi connectivity index (χ0n) is 16.3. The number of nitrogens with one attached hydrogen (secondary N) is 1. The van der Waals surface area contributed by atoms with Crippen molar-refractivity contribution in [1.29, 1.82) is 0 Å². The predicted octanol–water partition coefficient (Wildman–Crippen LogP) is 3.26. The molecule has 1 aromatic heterocycles. The Hall–Kier alpha value is -1.31. The van der Waals surface area contributed by atoms with Crippen LogP contribution in [-0.4, -0.2) is 64.9 Å². The Morgan fingerprint density at radius 3 is 2.55 bits per heavy atom. The van der Waals surface area contributed by atoms with Crippen molar-refractivity contribution < 1.29 is 4.79 Å². The molecule has 1 aromatic carbocycles. The highest BCUT2D eigenvalue weighted by Gasteiger charge is 2.28. The monoisotopic (exact) mass is 454 g/mol. The number of piperazine rings is 1. The van der Waals surface area contributed by atoms with E-state index >= 15 is 0 Å². The van der Waals surface area contributed by atoms with Crippen LogP contribution in [0.2, 0.25) is 0 Å². The maximum absolute atomic E-state index is 13.1. The van der Waals surface area contributed by atoms with E-state index in [1.54, 1.807) is 6.20 Å². The molecule has 8 heteroatoms. The maximum Gasteiger partial charge on any atom is 0.254 e. The number of hydrogen-bond acceptors (Lipinski definition) is 5. The van der Waals surface area contributed by atoms with E-state index in [9.17, 15) is 4.79 Å². The Balaban J connectivity index is 0.00000150. The standard InChI is InChI=1S/C21H26N4OS.2ClH/c26-21(25-9-8-23-15-20(25)19-2-1-7-22-14-19)18-5-3-17(4-6-18)16-24-10-12-27-13-11-24;;/h1-7,14,20,23H,8-13,15-16H2;2*1H. The van der Waals surface area contributed by atoms with Crippen LogP contribution in [0.15, 0.2) is 48.8 Å². The quantitative estimate of drug-likeness (QED) is 0.767. The van der Waals surface area contributed by atoms with E-state index in [4.69, 9.17) is 0 Å². The number of benzene rings is 1. The average molecular weight is 455 g/mol. The molecule has 2 saturated heterocycles. The minimum absolute atomic E-state index is 0. The van der Waals surface area contributed by atoms with E-state index in [-0.39, 0.29) is 36.8 Å². The van der Waals surface area contributed by atoms with Gasteiger partial charge in [0, 0.05) is 68.7 Å². The number of pyridine rings is 1. The number of aromatic nitrogens is 1. The van der Waals surface area contributed by atoms with Crippen LogP contribution < -0.4 is 5.32 Å². The van der Waals surface area contributed by atoms with E-state index < -0.39 is 0 Å². The Bertz CT molecular complexity index is 757. The number of hydrogen-bond donors (Lipinski definition) is 1. The number of nitrogens with zero attached hydrogens (tertiary/aromatic N) is 3. The van der Waals surface area contributed by atoms with Crippen LogP contribution >= 0.6 is 36.6 Å². The molecule has 0 saturated carbocycles. The summed E-state index contributed by atoms with van der Waals surface area (Å²) < 4.78 is 0. The third kappa shape index (κ3) is 6.09. The summed E-state index contributed by atoms with van der Waals surface area (Å²) in [5, 5.41) is 3.40. The van der Waals surface area contributed by atoms with Crippen molar-refractivity contribution in [3.8, 4) is 0 Å². The van der Waals surface area contributed by atoms with E-state index in [1.807, 2.05) is 47.1 Å². The summed E-state index contributed by atoms with van der Waals surface area (Å²) in [6.45, 7) is 5.58. The molecule has 1 N–H and O–H groups in total. The van der Waals surface area contributed by atoms with Gasteiger partial charge in [0.2, 0.25) is 0 Å². The molecule has 29 heavy (non-hydrogen) atoms. The van der Waals surface area contributed by atoms with Crippen molar-refractivity contribution in [3.05, 3.63) is 65.5 Å². The van der Waals surface area contributed by atoms with Crippen LogP contribution in [0.5, 0.6) is 0 Å². The molecule has 2 aliphatic heterocycles. The molecular weight excluding hydrogens is 427 g/mol. The van der Waals surface area contributed by atoms with Crippen molar-refractivity contribution in [1.82, 2.24) is 20.1 Å². The summed E-state index contributed by atoms with van der Waals surface area (Å²) in [5.74, 6) is 2.54. The van der Waals surface area contributed by atoms with E-state index in [0.717, 1.165) is 43.9 Å². The molecule has 1 atom stereocenters. The summed E-state index contributed by atoms with van der Waals surface area (Å²) in [6, 6.07) is 12.2. The first-order chi connectivity index (χ1) is 13.3. The number of carbonyl (C=O) groups is 1. The van der Waals surface area contributed by atoms with Gasteiger partial charge in [-0.15, -0.1) is 24.8 Å². The highest BCUT2D eigenvalue weighted by atomic mass is 35.5. The minimum Gasteiger partial charge on any atom is -0.329 e. The van der Waals surface area contributed by atoms with Gasteiger partial charge in [-0.3, -0.25) is 14.7 Å². The fraction of sp³-hybridized carbons (Fsp3) is 0.429. The molecular formula is C21H28Cl2N4OS. The fourth-order valence-electron chi connectivity index (χ4n) is 3.75. The lowest BCUT2D eigenvalue weighted by molar-refractivity contribution is 0.0634. The maximum atomic E-state index is 13.1. The number of halogens is 2. The Labute approximate surface area is 189 Å². The largest absolute Gasteiger partial charge is 0.329 e. The van der Waals surface area contributed by atoms with Gasteiger partial charge in [-0.05, 0) is 29.3 Å². The zero-order chi connectivity index (χ0) is 18.5. The second kappa shape index (κ2) is 11.8. The second-order valence-corrected chi connectivity index (χ2v) is 8.32. The summed E-state index contributed by atoms with van der Waals surface area (Å²) in [7, 11) is 0. The van der Waals surface area contributed by atoms with Crippen molar-refractivity contribution in [2.45, 2.75) is 12.6 Å². The lowest BCUT2D eigenvalue weighted by Gasteiger charge is -2.36. The van der Waals surface area contributed by atoms with Gasteiger partial charge >= 0.3 is 0 Å². The van der Waals surface area contributed by atoms with Gasteiger partial charge in [-0.1, -0.05) is 18.2 Å². The second-order valence-electron chi connectivity index (χ2n) is 7.09. The number of carbonyl (C=O) groups excluding carboxylic acids is 1. The van der Waals surface area contributed by atoms with Gasteiger partial charge in [0.05, 0.1) is 6.04 Å². The van der Waals surface area contributed by atoms with E-state index in [1.165, 1.54) is 17.1 Å². The molecule has 3 heterocycles. The van der Waals surface area contributed by atoms with Crippen molar-refractivity contribution in [3.63, 3.8) is 0 Å². The number of amides is 1. The average Bonchev–Trinajstić information content (AvgIpc) is 2.75. The van der Waals surface area contributed by atoms with Crippen LogP contribution in [0.25, 0.3) is 0 Å². The molecule has 2 aromatic rings. The van der Waals surface area contributed by atoms with Crippen LogP contribution in [0, 0.1) is 0 Å². The van der Waals surface area contributed by atoms with Crippen molar-refractivity contribution in [2.75, 3.05) is 44.2 Å². The highest BCUT2D eigenvalue weighted by Crippen LogP contribution is 2.24. The molecule has 1 amide bonds. The van der Waals surface area contributed by atoms with Gasteiger partial charge in [0.1, 0.15) is 0 Å². The van der Waals surface area contributed by atoms with Gasteiger partial charge in [-0.25, -0.2) is 0 Å². The topological polar surface area (TPSA) is 48.5 Å². The van der Waals surface area contributed by atoms with Gasteiger partial charge in [0.25, 0.3) is 5.91 Å². The molecule has 1 unspecified atom stereocenters. The van der Waals surface area contributed by atoms with Crippen LogP contribution in [0.1, 0.15) is 27.5 Å². The number of rotatable bonds is 4. The van der Waals surface area contributed by atoms with E-state index in [0.29, 0.717) is 6.54 Å². The predicted molar refractivity (Wildman–Crippen MR) is 124 cm³/mol. The van der Waals surface area contributed by atoms with Gasteiger partial charge in [-0.2, -0.15) is 11.8 Å². The smallest absolute Gasteiger partial charge is 0.254 e. The molecule has 2 aliphatic rings. The first-order valence-electron chi connectivity index (χ1n) is 9.62. The van der Waals surface area contributed by atoms with Crippen LogP contribution in [0.3, 0.4) is 0 Å². The third-order valence-electron chi connectivity index (χ3n) is 5.28. The molecule has 0 bridgehead atoms. The normalized spacial score (nSPS) is 19.7.